The molecule has 0 amide bonds. The first-order valence-corrected chi connectivity index (χ1v) is 11.9. The van der Waals surface area contributed by atoms with Gasteiger partial charge in [-0.05, 0) is 45.5 Å². The van der Waals surface area contributed by atoms with Crippen molar-refractivity contribution < 1.29 is 0 Å². The summed E-state index contributed by atoms with van der Waals surface area (Å²) in [5.74, 6) is 0. The predicted octanol–water partition coefficient (Wildman–Crippen LogP) is 8.98. The zero-order chi connectivity index (χ0) is 21.9. The predicted molar refractivity (Wildman–Crippen MR) is 141 cm³/mol. The molecule has 6 rings (SSSR count). The summed E-state index contributed by atoms with van der Waals surface area (Å²) in [7, 11) is 0. The fourth-order valence-corrected chi connectivity index (χ4v) is 6.43. The van der Waals surface area contributed by atoms with Gasteiger partial charge in [-0.1, -0.05) is 105 Å². The Morgan fingerprint density at radius 3 is 2.50 bits per heavy atom. The van der Waals surface area contributed by atoms with E-state index in [2.05, 4.69) is 105 Å². The van der Waals surface area contributed by atoms with Gasteiger partial charge in [-0.2, -0.15) is 0 Å². The maximum atomic E-state index is 4.33. The van der Waals surface area contributed by atoms with E-state index in [4.69, 9.17) is 0 Å². The molecule has 32 heavy (non-hydrogen) atoms. The molecular weight excluding hydrogens is 404 g/mol. The first-order valence-electron chi connectivity index (χ1n) is 11.1. The van der Waals surface area contributed by atoms with Gasteiger partial charge in [-0.25, -0.2) is 0 Å². The lowest BCUT2D eigenvalue weighted by Gasteiger charge is -2.22. The summed E-state index contributed by atoms with van der Waals surface area (Å²) in [6.45, 7) is 9.04. The number of rotatable bonds is 1. The van der Waals surface area contributed by atoms with Crippen molar-refractivity contribution in [1.82, 2.24) is 0 Å². The van der Waals surface area contributed by atoms with Crippen LogP contribution in [0.1, 0.15) is 30.5 Å². The smallest absolute Gasteiger partial charge is 0.0437 e. The second-order valence-electron chi connectivity index (χ2n) is 9.08. The molecule has 0 N–H and O–H groups in total. The topological polar surface area (TPSA) is 0 Å². The largest absolute Gasteiger partial charge is 0.135 e. The van der Waals surface area contributed by atoms with Gasteiger partial charge in [0.1, 0.15) is 0 Å². The average Bonchev–Trinajstić information content (AvgIpc) is 3.31. The quantitative estimate of drug-likeness (QED) is 0.284. The lowest BCUT2D eigenvalue weighted by molar-refractivity contribution is 0.660. The van der Waals surface area contributed by atoms with Crippen molar-refractivity contribution in [3.63, 3.8) is 0 Å². The summed E-state index contributed by atoms with van der Waals surface area (Å²) in [6, 6.07) is 20.4. The summed E-state index contributed by atoms with van der Waals surface area (Å²) in [6.07, 6.45) is 14.6. The van der Waals surface area contributed by atoms with E-state index in [0.717, 1.165) is 5.57 Å². The summed E-state index contributed by atoms with van der Waals surface area (Å²) in [5, 5.41) is 2.73. The molecule has 0 atom stereocenters. The first-order chi connectivity index (χ1) is 15.6. The first kappa shape index (κ1) is 19.3. The molecule has 1 heteroatoms. The molecule has 2 aliphatic carbocycles. The maximum absolute atomic E-state index is 4.33. The van der Waals surface area contributed by atoms with E-state index in [1.165, 1.54) is 53.6 Å². The SMILES string of the molecule is C=C1\C=C/C=C\C=C/C=C\1c1ccc2c(c1)C(C)(C)c1ccc3c(sc4ccccc43)c1-2. The van der Waals surface area contributed by atoms with Gasteiger partial charge in [-0.15, -0.1) is 11.3 Å². The van der Waals surface area contributed by atoms with E-state index >= 15 is 0 Å². The molecule has 0 aliphatic heterocycles. The summed E-state index contributed by atoms with van der Waals surface area (Å²) >= 11 is 1.92. The Labute approximate surface area is 193 Å². The van der Waals surface area contributed by atoms with Gasteiger partial charge >= 0.3 is 0 Å². The molecular formula is C31H24S. The van der Waals surface area contributed by atoms with Crippen molar-refractivity contribution in [3.8, 4) is 11.1 Å². The second-order valence-corrected chi connectivity index (χ2v) is 10.1. The second kappa shape index (κ2) is 7.05. The Balaban J connectivity index is 1.58. The Morgan fingerprint density at radius 1 is 0.781 bits per heavy atom. The monoisotopic (exact) mass is 428 g/mol. The third kappa shape index (κ3) is 2.75. The summed E-state index contributed by atoms with van der Waals surface area (Å²) < 4.78 is 2.77. The zero-order valence-electron chi connectivity index (χ0n) is 18.4. The van der Waals surface area contributed by atoms with E-state index in [-0.39, 0.29) is 5.41 Å². The number of allylic oxidation sites excluding steroid dienone is 9. The molecule has 0 fully saturated rings. The average molecular weight is 429 g/mol. The molecule has 0 nitrogen and oxygen atoms in total. The van der Waals surface area contributed by atoms with Crippen molar-refractivity contribution in [2.45, 2.75) is 19.3 Å². The molecule has 0 saturated carbocycles. The highest BCUT2D eigenvalue weighted by Gasteiger charge is 2.37. The molecule has 0 bridgehead atoms. The van der Waals surface area contributed by atoms with Crippen LogP contribution in [0.2, 0.25) is 0 Å². The molecule has 0 radical (unpaired) electrons. The van der Waals surface area contributed by atoms with Crippen LogP contribution < -0.4 is 0 Å². The normalized spacial score (nSPS) is 21.2. The highest BCUT2D eigenvalue weighted by Crippen LogP contribution is 2.54. The number of thiophene rings is 1. The Bertz CT molecular complexity index is 1550. The number of benzene rings is 3. The number of fused-ring (bicyclic) bond motifs is 7. The van der Waals surface area contributed by atoms with Crippen molar-refractivity contribution in [2.24, 2.45) is 0 Å². The molecule has 1 aromatic heterocycles. The number of hydrogen-bond acceptors (Lipinski definition) is 1. The summed E-state index contributed by atoms with van der Waals surface area (Å²) in [4.78, 5) is 0. The van der Waals surface area contributed by atoms with Crippen molar-refractivity contribution in [3.05, 3.63) is 126 Å². The standard InChI is InChI=1S/C31H24S/c1-20-11-7-5-4-6-8-12-22(20)21-15-16-25-27(19-21)31(2,3)26-18-17-24-23-13-9-10-14-28(23)32-30(24)29(25)26/h4-19H,1H2,2-3H3/b5-4-,8-6-,11-7-,22-12+. The fourth-order valence-electron chi connectivity index (χ4n) is 5.16. The van der Waals surface area contributed by atoms with Crippen LogP contribution in [0.15, 0.2) is 109 Å². The fraction of sp³-hybridized carbons (Fsp3) is 0.0968. The van der Waals surface area contributed by atoms with Crippen LogP contribution in [0.4, 0.5) is 0 Å². The summed E-state index contributed by atoms with van der Waals surface area (Å²) in [5.41, 5.74) is 8.99. The van der Waals surface area contributed by atoms with Crippen molar-refractivity contribution in [2.75, 3.05) is 0 Å². The minimum Gasteiger partial charge on any atom is -0.135 e. The van der Waals surface area contributed by atoms with Crippen LogP contribution in [-0.2, 0) is 5.41 Å². The van der Waals surface area contributed by atoms with E-state index in [9.17, 15) is 0 Å². The lowest BCUT2D eigenvalue weighted by atomic mass is 9.81. The van der Waals surface area contributed by atoms with E-state index in [1.54, 1.807) is 0 Å². The lowest BCUT2D eigenvalue weighted by Crippen LogP contribution is -2.15. The van der Waals surface area contributed by atoms with Crippen LogP contribution in [0.5, 0.6) is 0 Å². The van der Waals surface area contributed by atoms with Gasteiger partial charge in [0.05, 0.1) is 0 Å². The van der Waals surface area contributed by atoms with Crippen LogP contribution in [0.3, 0.4) is 0 Å². The van der Waals surface area contributed by atoms with E-state index < -0.39 is 0 Å². The Hall–Kier alpha value is -3.42. The van der Waals surface area contributed by atoms with Gasteiger partial charge in [0.2, 0.25) is 0 Å². The third-order valence-electron chi connectivity index (χ3n) is 6.84. The van der Waals surface area contributed by atoms with Crippen LogP contribution in [0, 0.1) is 0 Å². The molecule has 4 aromatic rings. The molecule has 2 aliphatic rings. The van der Waals surface area contributed by atoms with Gasteiger partial charge in [0.15, 0.2) is 0 Å². The van der Waals surface area contributed by atoms with Gasteiger partial charge in [0.25, 0.3) is 0 Å². The van der Waals surface area contributed by atoms with Gasteiger partial charge in [-0.3, -0.25) is 0 Å². The molecule has 1 heterocycles. The van der Waals surface area contributed by atoms with Crippen LogP contribution >= 0.6 is 11.3 Å². The minimum absolute atomic E-state index is 0.0430. The van der Waals surface area contributed by atoms with Crippen molar-refractivity contribution in [1.29, 1.82) is 0 Å². The van der Waals surface area contributed by atoms with Crippen molar-refractivity contribution >= 4 is 37.1 Å². The zero-order valence-corrected chi connectivity index (χ0v) is 19.2. The van der Waals surface area contributed by atoms with Gasteiger partial charge in [0, 0.05) is 31.2 Å². The Morgan fingerprint density at radius 2 is 1.59 bits per heavy atom. The van der Waals surface area contributed by atoms with E-state index in [0.29, 0.717) is 0 Å². The molecule has 0 saturated heterocycles. The molecule has 0 unspecified atom stereocenters. The highest BCUT2D eigenvalue weighted by molar-refractivity contribution is 7.26. The highest BCUT2D eigenvalue weighted by atomic mass is 32.1. The van der Waals surface area contributed by atoms with Crippen LogP contribution in [-0.4, -0.2) is 0 Å². The maximum Gasteiger partial charge on any atom is 0.0437 e. The molecule has 3 aromatic carbocycles. The van der Waals surface area contributed by atoms with E-state index in [1.807, 2.05) is 23.5 Å². The molecule has 154 valence electrons. The Kier molecular flexibility index (Phi) is 4.25. The molecule has 0 spiro atoms. The van der Waals surface area contributed by atoms with Gasteiger partial charge < -0.3 is 0 Å². The number of hydrogen-bond donors (Lipinski definition) is 0. The van der Waals surface area contributed by atoms with Crippen LogP contribution in [0.25, 0.3) is 36.9 Å². The minimum atomic E-state index is -0.0430. The third-order valence-corrected chi connectivity index (χ3v) is 8.05.